The normalized spacial score (nSPS) is 15.7. The van der Waals surface area contributed by atoms with Crippen molar-refractivity contribution >= 4 is 23.0 Å². The van der Waals surface area contributed by atoms with Gasteiger partial charge in [-0.3, -0.25) is 0 Å². The summed E-state index contributed by atoms with van der Waals surface area (Å²) in [5, 5.41) is 54.7. The molecule has 0 spiro atoms. The highest BCUT2D eigenvalue weighted by molar-refractivity contribution is 5.98. The van der Waals surface area contributed by atoms with Gasteiger partial charge in [0.1, 0.15) is 0 Å². The van der Waals surface area contributed by atoms with E-state index in [4.69, 9.17) is 15.6 Å². The Labute approximate surface area is 105 Å². The van der Waals surface area contributed by atoms with Crippen molar-refractivity contribution in [2.75, 3.05) is 7.11 Å². The molecular weight excluding hydrogens is 266 g/mol. The maximum Gasteiger partial charge on any atom is 0.350 e. The van der Waals surface area contributed by atoms with Crippen molar-refractivity contribution in [2.45, 2.75) is 0 Å². The van der Waals surface area contributed by atoms with E-state index in [1.807, 2.05) is 0 Å². The van der Waals surface area contributed by atoms with Crippen LogP contribution in [0.25, 0.3) is 0 Å². The summed E-state index contributed by atoms with van der Waals surface area (Å²) < 4.78 is 4.31. The number of methoxy groups -OCH3 is 1. The number of rotatable bonds is 4. The molecule has 1 aromatic rings. The van der Waals surface area contributed by atoms with E-state index in [-0.39, 0.29) is 0 Å². The zero-order valence-corrected chi connectivity index (χ0v) is 9.54. The molecular formula is C8H11N3O8. The molecule has 3 unspecified atom stereocenters. The Bertz CT molecular complexity index is 446. The standard InChI is InChI=1S/C8H11N3O8/c1-19-8(12)7-5(10(15)16)2-4(9(13)14)3-6(7)11(17)18/h2-3,9-11,13,15,17H,1H3. The second kappa shape index (κ2) is 5.98. The summed E-state index contributed by atoms with van der Waals surface area (Å²) in [6.07, 6.45) is 0. The summed E-state index contributed by atoms with van der Waals surface area (Å²) in [6, 6.07) is 1.40. The van der Waals surface area contributed by atoms with E-state index in [0.717, 1.165) is 7.11 Å². The summed E-state index contributed by atoms with van der Waals surface area (Å²) in [4.78, 5) is 11.4. The number of carbonyl (C=O) groups is 1. The van der Waals surface area contributed by atoms with Crippen LogP contribution in [0, 0.1) is 15.6 Å². The van der Waals surface area contributed by atoms with Crippen LogP contribution in [0.15, 0.2) is 12.1 Å². The number of carbonyl (C=O) groups excluding carboxylic acids is 1. The van der Waals surface area contributed by atoms with E-state index in [9.17, 15) is 20.4 Å². The van der Waals surface area contributed by atoms with Crippen LogP contribution in [0.2, 0.25) is 0 Å². The minimum atomic E-state index is -1.63. The molecule has 0 saturated heterocycles. The molecule has 11 nitrogen and oxygen atoms in total. The summed E-state index contributed by atoms with van der Waals surface area (Å²) in [5.41, 5.74) is -2.75. The second-order valence-corrected chi connectivity index (χ2v) is 3.35. The fourth-order valence-electron chi connectivity index (χ4n) is 1.42. The Balaban J connectivity index is 3.60. The average molecular weight is 277 g/mol. The summed E-state index contributed by atoms with van der Waals surface area (Å²) in [6.45, 7) is 0. The van der Waals surface area contributed by atoms with Crippen molar-refractivity contribution in [3.8, 4) is 0 Å². The third-order valence-electron chi connectivity index (χ3n) is 2.24. The molecule has 19 heavy (non-hydrogen) atoms. The van der Waals surface area contributed by atoms with Crippen molar-refractivity contribution in [2.24, 2.45) is 0 Å². The van der Waals surface area contributed by atoms with Gasteiger partial charge in [0.15, 0.2) is 22.6 Å². The van der Waals surface area contributed by atoms with Gasteiger partial charge in [0, 0.05) is 0 Å². The first kappa shape index (κ1) is 15.4. The zero-order valence-electron chi connectivity index (χ0n) is 9.54. The van der Waals surface area contributed by atoms with Gasteiger partial charge < -0.3 is 20.4 Å². The van der Waals surface area contributed by atoms with E-state index in [1.165, 1.54) is 0 Å². The van der Waals surface area contributed by atoms with Crippen LogP contribution in [0.4, 0.5) is 17.1 Å². The molecule has 11 heteroatoms. The first-order valence-electron chi connectivity index (χ1n) is 4.75. The van der Waals surface area contributed by atoms with E-state index < -0.39 is 44.3 Å². The topological polar surface area (TPSA) is 169 Å². The van der Waals surface area contributed by atoms with Crippen molar-refractivity contribution < 1.29 is 40.8 Å². The lowest BCUT2D eigenvalue weighted by atomic mass is 10.1. The lowest BCUT2D eigenvalue weighted by molar-refractivity contribution is -1.00. The van der Waals surface area contributed by atoms with Gasteiger partial charge in [0.25, 0.3) is 0 Å². The molecule has 0 fully saturated rings. The van der Waals surface area contributed by atoms with Gasteiger partial charge in [-0.1, -0.05) is 0 Å². The number of hydrogen-bond acceptors (Lipinski definition) is 8. The largest absolute Gasteiger partial charge is 0.595 e. The Hall–Kier alpha value is -1.67. The number of ether oxygens (including phenoxy) is 1. The second-order valence-electron chi connectivity index (χ2n) is 3.35. The fourth-order valence-corrected chi connectivity index (χ4v) is 1.42. The third kappa shape index (κ3) is 3.21. The van der Waals surface area contributed by atoms with Crippen LogP contribution < -0.4 is 15.7 Å². The van der Waals surface area contributed by atoms with Gasteiger partial charge in [-0.2, -0.15) is 15.7 Å². The van der Waals surface area contributed by atoms with Crippen molar-refractivity contribution in [3.63, 3.8) is 0 Å². The SMILES string of the molecule is COC(=O)c1c([NH+]([O-])O)cc([NH+]([O-])O)cc1[NH+]([O-])O. The van der Waals surface area contributed by atoms with Gasteiger partial charge in [0.05, 0.1) is 19.2 Å². The minimum Gasteiger partial charge on any atom is -0.595 e. The molecule has 1 aromatic carbocycles. The molecule has 106 valence electrons. The molecule has 0 radical (unpaired) electrons. The van der Waals surface area contributed by atoms with E-state index >= 15 is 0 Å². The number of esters is 1. The molecule has 0 aromatic heterocycles. The van der Waals surface area contributed by atoms with E-state index in [2.05, 4.69) is 4.74 Å². The van der Waals surface area contributed by atoms with Gasteiger partial charge in [0.2, 0.25) is 0 Å². The first-order valence-corrected chi connectivity index (χ1v) is 4.75. The number of nitrogens with one attached hydrogen (secondary N) is 3. The first-order chi connectivity index (χ1) is 8.79. The van der Waals surface area contributed by atoms with Crippen molar-refractivity contribution in [1.82, 2.24) is 0 Å². The summed E-state index contributed by atoms with van der Waals surface area (Å²) in [7, 11) is 0.949. The van der Waals surface area contributed by atoms with Crippen LogP contribution in [0.3, 0.4) is 0 Å². The maximum atomic E-state index is 11.4. The zero-order chi connectivity index (χ0) is 14.7. The van der Waals surface area contributed by atoms with Gasteiger partial charge in [-0.15, -0.1) is 0 Å². The van der Waals surface area contributed by atoms with Crippen LogP contribution >= 0.6 is 0 Å². The summed E-state index contributed by atoms with van der Waals surface area (Å²) >= 11 is 0. The minimum absolute atomic E-state index is 0.553. The number of hydrogen-bond donors (Lipinski definition) is 6. The highest BCUT2D eigenvalue weighted by atomic mass is 16.8. The van der Waals surface area contributed by atoms with Crippen molar-refractivity contribution in [3.05, 3.63) is 33.3 Å². The third-order valence-corrected chi connectivity index (χ3v) is 2.24. The predicted molar refractivity (Wildman–Crippen MR) is 55.1 cm³/mol. The Kier molecular flexibility index (Phi) is 4.84. The molecule has 6 N–H and O–H groups in total. The maximum absolute atomic E-state index is 11.4. The quantitative estimate of drug-likeness (QED) is 0.245. The molecule has 3 atom stereocenters. The number of benzene rings is 1. The Morgan fingerprint density at radius 3 is 1.74 bits per heavy atom. The molecule has 1 rings (SSSR count). The summed E-state index contributed by atoms with van der Waals surface area (Å²) in [5.74, 6) is -1.17. The van der Waals surface area contributed by atoms with Crippen LogP contribution in [-0.2, 0) is 4.74 Å². The molecule has 0 aliphatic rings. The lowest BCUT2D eigenvalue weighted by Crippen LogP contribution is -3.03. The average Bonchev–Trinajstić information content (AvgIpc) is 2.35. The van der Waals surface area contributed by atoms with Crippen LogP contribution in [0.1, 0.15) is 10.4 Å². The van der Waals surface area contributed by atoms with E-state index in [1.54, 1.807) is 0 Å². The predicted octanol–water partition coefficient (Wildman–Crippen LogP) is -3.32. The molecule has 0 heterocycles. The van der Waals surface area contributed by atoms with Gasteiger partial charge >= 0.3 is 5.97 Å². The number of quaternary nitrogens is 3. The van der Waals surface area contributed by atoms with Gasteiger partial charge in [-0.25, -0.2) is 20.4 Å². The molecule has 0 amide bonds. The van der Waals surface area contributed by atoms with E-state index in [0.29, 0.717) is 12.1 Å². The Morgan fingerprint density at radius 1 is 1.05 bits per heavy atom. The highest BCUT2D eigenvalue weighted by Crippen LogP contribution is 2.23. The van der Waals surface area contributed by atoms with Crippen molar-refractivity contribution in [1.29, 1.82) is 0 Å². The molecule has 0 saturated carbocycles. The van der Waals surface area contributed by atoms with Gasteiger partial charge in [-0.05, 0) is 0 Å². The molecule has 0 aliphatic carbocycles. The molecule has 0 bridgehead atoms. The van der Waals surface area contributed by atoms with Crippen LogP contribution in [0.5, 0.6) is 0 Å². The smallest absolute Gasteiger partial charge is 0.350 e. The lowest BCUT2D eigenvalue weighted by Gasteiger charge is -2.21. The monoisotopic (exact) mass is 277 g/mol. The fraction of sp³-hybridized carbons (Fsp3) is 0.125. The highest BCUT2D eigenvalue weighted by Gasteiger charge is 2.29. The molecule has 0 aliphatic heterocycles. The van der Waals surface area contributed by atoms with Crippen LogP contribution in [-0.4, -0.2) is 28.7 Å². The Morgan fingerprint density at radius 2 is 1.47 bits per heavy atom.